The summed E-state index contributed by atoms with van der Waals surface area (Å²) in [5.74, 6) is 1.33. The maximum Gasteiger partial charge on any atom is 0.165 e. The van der Waals surface area contributed by atoms with Gasteiger partial charge in [0.05, 0.1) is 17.1 Å². The Bertz CT molecular complexity index is 748. The molecule has 148 valence electrons. The summed E-state index contributed by atoms with van der Waals surface area (Å²) in [5, 5.41) is 37.1. The highest BCUT2D eigenvalue weighted by Gasteiger charge is 2.70. The third-order valence-electron chi connectivity index (χ3n) is 7.87. The third-order valence-corrected chi connectivity index (χ3v) is 7.87. The molecule has 2 fully saturated rings. The van der Waals surface area contributed by atoms with E-state index in [0.717, 1.165) is 42.9 Å². The number of nitrogens with one attached hydrogen (secondary N) is 1. The maximum atomic E-state index is 12.2. The number of benzene rings is 1. The second-order valence-corrected chi connectivity index (χ2v) is 9.20. The van der Waals surface area contributed by atoms with Crippen LogP contribution in [0.2, 0.25) is 0 Å². The third kappa shape index (κ3) is 2.22. The van der Waals surface area contributed by atoms with Crippen LogP contribution in [0, 0.1) is 5.92 Å². The van der Waals surface area contributed by atoms with E-state index in [2.05, 4.69) is 12.2 Å². The number of aliphatic hydroxyl groups is 2. The molecule has 0 radical (unpaired) electrons. The minimum Gasteiger partial charge on any atom is -0.504 e. The summed E-state index contributed by atoms with van der Waals surface area (Å²) in [6.07, 6.45) is 6.21. The molecule has 0 spiro atoms. The Morgan fingerprint density at radius 2 is 2.07 bits per heavy atom. The molecule has 1 aliphatic heterocycles. The minimum atomic E-state index is -0.970. The van der Waals surface area contributed by atoms with Gasteiger partial charge in [-0.3, -0.25) is 0 Å². The second-order valence-electron chi connectivity index (χ2n) is 9.20. The molecule has 5 rings (SSSR count). The Kier molecular flexibility index (Phi) is 4.01. The van der Waals surface area contributed by atoms with Crippen molar-refractivity contribution < 1.29 is 20.1 Å². The molecule has 1 heterocycles. The molecule has 4 aliphatic rings. The first-order chi connectivity index (χ1) is 13.0. The largest absolute Gasteiger partial charge is 0.504 e. The van der Waals surface area contributed by atoms with Crippen LogP contribution in [0.5, 0.6) is 11.5 Å². The van der Waals surface area contributed by atoms with Gasteiger partial charge in [0.15, 0.2) is 11.5 Å². The van der Waals surface area contributed by atoms with Crippen LogP contribution < -0.4 is 10.1 Å². The zero-order chi connectivity index (χ0) is 18.8. The van der Waals surface area contributed by atoms with E-state index in [1.807, 2.05) is 6.07 Å². The lowest BCUT2D eigenvalue weighted by molar-refractivity contribution is -0.168. The number of phenolic OH excluding ortho intramolecular Hbond substituents is 1. The molecule has 1 unspecified atom stereocenters. The summed E-state index contributed by atoms with van der Waals surface area (Å²) < 4.78 is 6.18. The lowest BCUT2D eigenvalue weighted by Crippen LogP contribution is -2.73. The highest BCUT2D eigenvalue weighted by Crippen LogP contribution is 2.63. The topological polar surface area (TPSA) is 82.0 Å². The van der Waals surface area contributed by atoms with Crippen LogP contribution in [0.25, 0.3) is 0 Å². The lowest BCUT2D eigenvalue weighted by Gasteiger charge is -2.58. The summed E-state index contributed by atoms with van der Waals surface area (Å²) in [6.45, 7) is 3.07. The van der Waals surface area contributed by atoms with E-state index in [-0.39, 0.29) is 11.8 Å². The Labute approximate surface area is 160 Å². The Hall–Kier alpha value is -1.30. The summed E-state index contributed by atoms with van der Waals surface area (Å²) in [4.78, 5) is 0. The van der Waals surface area contributed by atoms with E-state index in [9.17, 15) is 15.3 Å². The summed E-state index contributed by atoms with van der Waals surface area (Å²) in [7, 11) is 0. The molecule has 2 saturated carbocycles. The van der Waals surface area contributed by atoms with Gasteiger partial charge in [-0.1, -0.05) is 25.8 Å². The summed E-state index contributed by atoms with van der Waals surface area (Å²) in [6, 6.07) is 3.63. The minimum absolute atomic E-state index is 0.0498. The number of ether oxygens (including phenoxy) is 1. The molecule has 1 aromatic rings. The van der Waals surface area contributed by atoms with Gasteiger partial charge in [0.1, 0.15) is 6.10 Å². The average molecular weight is 373 g/mol. The number of aromatic hydroxyl groups is 1. The molecule has 5 heteroatoms. The van der Waals surface area contributed by atoms with Gasteiger partial charge in [-0.25, -0.2) is 0 Å². The quantitative estimate of drug-likeness (QED) is 0.637. The molecule has 0 amide bonds. The molecule has 3 aliphatic carbocycles. The van der Waals surface area contributed by atoms with Gasteiger partial charge in [0, 0.05) is 11.6 Å². The maximum absolute atomic E-state index is 12.2. The van der Waals surface area contributed by atoms with Crippen molar-refractivity contribution >= 4 is 0 Å². The van der Waals surface area contributed by atoms with Gasteiger partial charge in [0.2, 0.25) is 0 Å². The van der Waals surface area contributed by atoms with E-state index < -0.39 is 23.2 Å². The fraction of sp³-hybridized carbons (Fsp3) is 0.727. The highest BCUT2D eigenvalue weighted by atomic mass is 16.5. The Morgan fingerprint density at radius 1 is 1.26 bits per heavy atom. The van der Waals surface area contributed by atoms with Crippen molar-refractivity contribution in [2.45, 2.75) is 87.6 Å². The molecule has 4 N–H and O–H groups in total. The standard InChI is InChI=1S/C22H31NO4/c1-2-9-21-18-14-6-7-15(24)19(18)27-20(21)16(25)8-10-22(21,26)17(11-14)23-12-13-4-3-5-13/h6-7,13,16-17,20,23-26H,2-5,8-12H2,1H3/t16-,17+,20-,21-,22?/m0/s1. The number of rotatable bonds is 5. The van der Waals surface area contributed by atoms with E-state index in [4.69, 9.17) is 4.74 Å². The predicted molar refractivity (Wildman–Crippen MR) is 102 cm³/mol. The van der Waals surface area contributed by atoms with Crippen LogP contribution in [0.3, 0.4) is 0 Å². The lowest BCUT2D eigenvalue weighted by atomic mass is 9.50. The number of hydrogen-bond acceptors (Lipinski definition) is 5. The number of aliphatic hydroxyl groups excluding tert-OH is 1. The first-order valence-corrected chi connectivity index (χ1v) is 10.7. The van der Waals surface area contributed by atoms with E-state index in [1.54, 1.807) is 6.07 Å². The van der Waals surface area contributed by atoms with Crippen molar-refractivity contribution in [3.05, 3.63) is 23.3 Å². The normalized spacial score (nSPS) is 39.6. The molecule has 27 heavy (non-hydrogen) atoms. The first-order valence-electron chi connectivity index (χ1n) is 10.7. The molecule has 5 atom stereocenters. The average Bonchev–Trinajstić information content (AvgIpc) is 2.97. The fourth-order valence-electron chi connectivity index (χ4n) is 6.37. The Balaban J connectivity index is 1.63. The van der Waals surface area contributed by atoms with Crippen LogP contribution in [0.15, 0.2) is 12.1 Å². The highest BCUT2D eigenvalue weighted by molar-refractivity contribution is 5.62. The van der Waals surface area contributed by atoms with Crippen molar-refractivity contribution in [2.75, 3.05) is 6.54 Å². The molecular formula is C22H31NO4. The van der Waals surface area contributed by atoms with Crippen LogP contribution in [0.1, 0.15) is 63.0 Å². The van der Waals surface area contributed by atoms with Crippen LogP contribution in [-0.4, -0.2) is 45.7 Å². The zero-order valence-corrected chi connectivity index (χ0v) is 16.1. The number of hydrogen-bond donors (Lipinski definition) is 4. The van der Waals surface area contributed by atoms with E-state index in [0.29, 0.717) is 18.6 Å². The van der Waals surface area contributed by atoms with Crippen LogP contribution >= 0.6 is 0 Å². The first kappa shape index (κ1) is 17.8. The van der Waals surface area contributed by atoms with Gasteiger partial charge in [-0.2, -0.15) is 0 Å². The van der Waals surface area contributed by atoms with Crippen LogP contribution in [-0.2, 0) is 11.8 Å². The van der Waals surface area contributed by atoms with Crippen molar-refractivity contribution in [1.29, 1.82) is 0 Å². The van der Waals surface area contributed by atoms with Crippen molar-refractivity contribution in [3.8, 4) is 11.5 Å². The van der Waals surface area contributed by atoms with Gasteiger partial charge in [-0.15, -0.1) is 0 Å². The monoisotopic (exact) mass is 373 g/mol. The van der Waals surface area contributed by atoms with Crippen molar-refractivity contribution in [1.82, 2.24) is 5.32 Å². The van der Waals surface area contributed by atoms with E-state index in [1.165, 1.54) is 19.3 Å². The molecule has 1 aromatic carbocycles. The van der Waals surface area contributed by atoms with E-state index >= 15 is 0 Å². The van der Waals surface area contributed by atoms with Gasteiger partial charge >= 0.3 is 0 Å². The molecule has 0 aromatic heterocycles. The zero-order valence-electron chi connectivity index (χ0n) is 16.1. The second kappa shape index (κ2) is 6.10. The van der Waals surface area contributed by atoms with Crippen molar-refractivity contribution in [2.24, 2.45) is 5.92 Å². The number of phenols is 1. The predicted octanol–water partition coefficient (Wildman–Crippen LogP) is 2.39. The molecule has 5 nitrogen and oxygen atoms in total. The smallest absolute Gasteiger partial charge is 0.165 e. The molecule has 0 saturated heterocycles. The summed E-state index contributed by atoms with van der Waals surface area (Å²) in [5.41, 5.74) is 0.474. The SMILES string of the molecule is CCC[C@]12c3c4ccc(O)c3O[C@H]1[C@@H](O)CCC2(O)[C@H](NCC1CCC1)C4. The van der Waals surface area contributed by atoms with Crippen molar-refractivity contribution in [3.63, 3.8) is 0 Å². The van der Waals surface area contributed by atoms with Crippen LogP contribution in [0.4, 0.5) is 0 Å². The molecule has 0 bridgehead atoms. The fourth-order valence-corrected chi connectivity index (χ4v) is 6.37. The van der Waals surface area contributed by atoms with Gasteiger partial charge < -0.3 is 25.4 Å². The van der Waals surface area contributed by atoms with Gasteiger partial charge in [-0.05, 0) is 62.6 Å². The summed E-state index contributed by atoms with van der Waals surface area (Å²) >= 11 is 0. The molecular weight excluding hydrogens is 342 g/mol. The Morgan fingerprint density at radius 3 is 2.78 bits per heavy atom. The van der Waals surface area contributed by atoms with Gasteiger partial charge in [0.25, 0.3) is 0 Å².